The van der Waals surface area contributed by atoms with Crippen LogP contribution < -0.4 is 11.1 Å². The number of benzene rings is 1. The summed E-state index contributed by atoms with van der Waals surface area (Å²) in [7, 11) is 0. The van der Waals surface area contributed by atoms with Crippen LogP contribution >= 0.6 is 0 Å². The zero-order valence-corrected chi connectivity index (χ0v) is 9.66. The highest BCUT2D eigenvalue weighted by atomic mass is 16.3. The minimum Gasteiger partial charge on any atom is -0.508 e. The molecule has 0 bridgehead atoms. The van der Waals surface area contributed by atoms with Gasteiger partial charge in [-0.1, -0.05) is 12.1 Å². The van der Waals surface area contributed by atoms with Gasteiger partial charge >= 0.3 is 0 Å². The second kappa shape index (κ2) is 4.99. The Morgan fingerprint density at radius 2 is 1.94 bits per heavy atom. The SMILES string of the molecule is CC(C)(CN)C(=O)NCc1ccc(O)cc1. The highest BCUT2D eigenvalue weighted by Gasteiger charge is 2.25. The summed E-state index contributed by atoms with van der Waals surface area (Å²) < 4.78 is 0. The molecule has 0 heterocycles. The van der Waals surface area contributed by atoms with E-state index in [4.69, 9.17) is 10.8 Å². The molecule has 0 fully saturated rings. The lowest BCUT2D eigenvalue weighted by molar-refractivity contribution is -0.129. The summed E-state index contributed by atoms with van der Waals surface area (Å²) in [4.78, 5) is 11.7. The maximum atomic E-state index is 11.7. The lowest BCUT2D eigenvalue weighted by Gasteiger charge is -2.21. The quantitative estimate of drug-likeness (QED) is 0.711. The Hall–Kier alpha value is -1.55. The van der Waals surface area contributed by atoms with Crippen LogP contribution in [0.5, 0.6) is 5.75 Å². The largest absolute Gasteiger partial charge is 0.508 e. The first-order valence-corrected chi connectivity index (χ1v) is 5.22. The molecule has 0 spiro atoms. The van der Waals surface area contributed by atoms with Crippen molar-refractivity contribution in [3.8, 4) is 5.75 Å². The molecule has 4 N–H and O–H groups in total. The molecule has 1 rings (SSSR count). The van der Waals surface area contributed by atoms with E-state index in [1.54, 1.807) is 38.1 Å². The highest BCUT2D eigenvalue weighted by Crippen LogP contribution is 2.13. The number of amides is 1. The lowest BCUT2D eigenvalue weighted by atomic mass is 9.92. The second-order valence-electron chi connectivity index (χ2n) is 4.44. The van der Waals surface area contributed by atoms with Crippen molar-refractivity contribution in [2.75, 3.05) is 6.54 Å². The van der Waals surface area contributed by atoms with Gasteiger partial charge in [-0.3, -0.25) is 4.79 Å². The van der Waals surface area contributed by atoms with Crippen molar-refractivity contribution in [1.29, 1.82) is 0 Å². The Labute approximate surface area is 95.5 Å². The van der Waals surface area contributed by atoms with E-state index in [9.17, 15) is 4.79 Å². The monoisotopic (exact) mass is 222 g/mol. The molecule has 0 radical (unpaired) electrons. The van der Waals surface area contributed by atoms with Crippen LogP contribution in [0.1, 0.15) is 19.4 Å². The third kappa shape index (κ3) is 3.24. The van der Waals surface area contributed by atoms with Gasteiger partial charge in [-0.05, 0) is 31.5 Å². The van der Waals surface area contributed by atoms with Crippen LogP contribution in [0, 0.1) is 5.41 Å². The molecule has 16 heavy (non-hydrogen) atoms. The second-order valence-corrected chi connectivity index (χ2v) is 4.44. The first-order valence-electron chi connectivity index (χ1n) is 5.22. The molecule has 4 heteroatoms. The molecule has 0 aliphatic heterocycles. The average molecular weight is 222 g/mol. The standard InChI is InChI=1S/C12H18N2O2/c1-12(2,8-13)11(16)14-7-9-3-5-10(15)6-4-9/h3-6,15H,7-8,13H2,1-2H3,(H,14,16). The molecule has 0 saturated carbocycles. The molecule has 0 aliphatic rings. The van der Waals surface area contributed by atoms with Gasteiger partial charge in [0.1, 0.15) is 5.75 Å². The fourth-order valence-corrected chi connectivity index (χ4v) is 1.13. The molecule has 0 unspecified atom stereocenters. The Balaban J connectivity index is 2.52. The predicted octanol–water partition coefficient (Wildman–Crippen LogP) is 0.993. The fourth-order valence-electron chi connectivity index (χ4n) is 1.13. The summed E-state index contributed by atoms with van der Waals surface area (Å²) in [6.45, 7) is 4.37. The zero-order valence-electron chi connectivity index (χ0n) is 9.66. The molecule has 1 aromatic rings. The first kappa shape index (κ1) is 12.5. The summed E-state index contributed by atoms with van der Waals surface area (Å²) in [6.07, 6.45) is 0. The molecule has 1 amide bonds. The Morgan fingerprint density at radius 3 is 2.44 bits per heavy atom. The van der Waals surface area contributed by atoms with E-state index in [-0.39, 0.29) is 11.7 Å². The molecule has 1 aromatic carbocycles. The van der Waals surface area contributed by atoms with E-state index in [1.165, 1.54) is 0 Å². The van der Waals surface area contributed by atoms with Gasteiger partial charge in [0.15, 0.2) is 0 Å². The van der Waals surface area contributed by atoms with E-state index in [1.807, 2.05) is 0 Å². The first-order chi connectivity index (χ1) is 7.45. The van der Waals surface area contributed by atoms with Gasteiger partial charge in [0.25, 0.3) is 0 Å². The van der Waals surface area contributed by atoms with Crippen LogP contribution in [0.25, 0.3) is 0 Å². The number of nitrogens with two attached hydrogens (primary N) is 1. The number of hydrogen-bond acceptors (Lipinski definition) is 3. The molecule has 88 valence electrons. The number of hydrogen-bond donors (Lipinski definition) is 3. The van der Waals surface area contributed by atoms with Crippen molar-refractivity contribution in [2.45, 2.75) is 20.4 Å². The maximum Gasteiger partial charge on any atom is 0.227 e. The van der Waals surface area contributed by atoms with Gasteiger partial charge < -0.3 is 16.2 Å². The van der Waals surface area contributed by atoms with Crippen LogP contribution in [0.3, 0.4) is 0 Å². The average Bonchev–Trinajstić information content (AvgIpc) is 2.28. The normalized spacial score (nSPS) is 11.2. The molecule has 0 aliphatic carbocycles. The smallest absolute Gasteiger partial charge is 0.227 e. The summed E-state index contributed by atoms with van der Waals surface area (Å²) in [5.74, 6) is 0.153. The maximum absolute atomic E-state index is 11.7. The van der Waals surface area contributed by atoms with Crippen molar-refractivity contribution >= 4 is 5.91 Å². The number of phenols is 1. The number of carbonyl (C=O) groups is 1. The van der Waals surface area contributed by atoms with E-state index in [2.05, 4.69) is 5.32 Å². The molecule has 4 nitrogen and oxygen atoms in total. The third-order valence-electron chi connectivity index (χ3n) is 2.51. The van der Waals surface area contributed by atoms with Crippen LogP contribution in [0.2, 0.25) is 0 Å². The van der Waals surface area contributed by atoms with E-state index in [0.29, 0.717) is 13.1 Å². The number of carbonyl (C=O) groups excluding carboxylic acids is 1. The third-order valence-corrected chi connectivity index (χ3v) is 2.51. The van der Waals surface area contributed by atoms with Gasteiger partial charge in [0.05, 0.1) is 5.41 Å². The number of rotatable bonds is 4. The fraction of sp³-hybridized carbons (Fsp3) is 0.417. The van der Waals surface area contributed by atoms with Crippen molar-refractivity contribution < 1.29 is 9.90 Å². The van der Waals surface area contributed by atoms with Crippen molar-refractivity contribution in [2.24, 2.45) is 11.1 Å². The van der Waals surface area contributed by atoms with Gasteiger partial charge in [-0.15, -0.1) is 0 Å². The Morgan fingerprint density at radius 1 is 1.38 bits per heavy atom. The van der Waals surface area contributed by atoms with Crippen LogP contribution in [-0.2, 0) is 11.3 Å². The van der Waals surface area contributed by atoms with Gasteiger partial charge in [0.2, 0.25) is 5.91 Å². The number of phenolic OH excluding ortho intramolecular Hbond substituents is 1. The molecular formula is C12H18N2O2. The number of nitrogens with one attached hydrogen (secondary N) is 1. The van der Waals surface area contributed by atoms with Gasteiger partial charge in [0, 0.05) is 13.1 Å². The predicted molar refractivity (Wildman–Crippen MR) is 62.8 cm³/mol. The lowest BCUT2D eigenvalue weighted by Crippen LogP contribution is -2.41. The Kier molecular flexibility index (Phi) is 3.90. The van der Waals surface area contributed by atoms with E-state index >= 15 is 0 Å². The summed E-state index contributed by atoms with van der Waals surface area (Å²) in [6, 6.07) is 6.72. The van der Waals surface area contributed by atoms with Crippen molar-refractivity contribution in [1.82, 2.24) is 5.32 Å². The minimum atomic E-state index is -0.545. The molecular weight excluding hydrogens is 204 g/mol. The van der Waals surface area contributed by atoms with E-state index < -0.39 is 5.41 Å². The number of aromatic hydroxyl groups is 1. The molecule has 0 saturated heterocycles. The highest BCUT2D eigenvalue weighted by molar-refractivity contribution is 5.81. The Bertz CT molecular complexity index is 358. The van der Waals surface area contributed by atoms with Crippen molar-refractivity contribution in [3.63, 3.8) is 0 Å². The van der Waals surface area contributed by atoms with Crippen molar-refractivity contribution in [3.05, 3.63) is 29.8 Å². The topological polar surface area (TPSA) is 75.4 Å². The summed E-state index contributed by atoms with van der Waals surface area (Å²) >= 11 is 0. The van der Waals surface area contributed by atoms with Crippen LogP contribution in [-0.4, -0.2) is 17.6 Å². The van der Waals surface area contributed by atoms with E-state index in [0.717, 1.165) is 5.56 Å². The zero-order chi connectivity index (χ0) is 12.2. The molecule has 0 atom stereocenters. The molecule has 0 aromatic heterocycles. The summed E-state index contributed by atoms with van der Waals surface area (Å²) in [5, 5.41) is 11.9. The van der Waals surface area contributed by atoms with Gasteiger partial charge in [-0.2, -0.15) is 0 Å². The minimum absolute atomic E-state index is 0.0666. The van der Waals surface area contributed by atoms with Gasteiger partial charge in [-0.25, -0.2) is 0 Å². The van der Waals surface area contributed by atoms with Crippen LogP contribution in [0.15, 0.2) is 24.3 Å². The summed E-state index contributed by atoms with van der Waals surface area (Å²) in [5.41, 5.74) is 5.90. The van der Waals surface area contributed by atoms with Crippen LogP contribution in [0.4, 0.5) is 0 Å².